The molecule has 1 aliphatic rings. The smallest absolute Gasteiger partial charge is 0.119 e. The van der Waals surface area contributed by atoms with Crippen LogP contribution in [0.25, 0.3) is 0 Å². The molecule has 0 bridgehead atoms. The Balaban J connectivity index is 1.65. The molecule has 1 heterocycles. The Morgan fingerprint density at radius 3 is 2.81 bits per heavy atom. The number of benzene rings is 1. The largest absolute Gasteiger partial charge is 0.491 e. The second kappa shape index (κ2) is 8.59. The third kappa shape index (κ3) is 6.22. The van der Waals surface area contributed by atoms with Crippen molar-refractivity contribution in [1.82, 2.24) is 4.90 Å². The standard InChI is InChI=1S/C16H24ClNO3/c1-18(11-16-4-2-3-9-20-16)10-14(19)12-21-15-7-5-13(17)6-8-15/h5-8,14,16,19H,2-4,9-12H2,1H3. The number of halogens is 1. The molecule has 0 radical (unpaired) electrons. The molecular formula is C16H24ClNO3. The Morgan fingerprint density at radius 2 is 2.14 bits per heavy atom. The minimum absolute atomic E-state index is 0.275. The van der Waals surface area contributed by atoms with Gasteiger partial charge in [-0.2, -0.15) is 0 Å². The number of nitrogens with zero attached hydrogens (tertiary/aromatic N) is 1. The lowest BCUT2D eigenvalue weighted by molar-refractivity contribution is -0.0109. The van der Waals surface area contributed by atoms with Crippen LogP contribution >= 0.6 is 11.6 Å². The summed E-state index contributed by atoms with van der Waals surface area (Å²) in [6.07, 6.45) is 3.29. The first-order valence-corrected chi connectivity index (χ1v) is 7.88. The van der Waals surface area contributed by atoms with Gasteiger partial charge in [-0.3, -0.25) is 0 Å². The van der Waals surface area contributed by atoms with Crippen molar-refractivity contribution in [2.45, 2.75) is 31.5 Å². The first-order valence-electron chi connectivity index (χ1n) is 7.50. The molecule has 118 valence electrons. The molecule has 2 unspecified atom stereocenters. The van der Waals surface area contributed by atoms with Crippen LogP contribution < -0.4 is 4.74 Å². The Bertz CT molecular complexity index is 406. The summed E-state index contributed by atoms with van der Waals surface area (Å²) in [5.41, 5.74) is 0. The van der Waals surface area contributed by atoms with Gasteiger partial charge in [-0.1, -0.05) is 11.6 Å². The molecule has 1 fully saturated rings. The lowest BCUT2D eigenvalue weighted by Gasteiger charge is -2.28. The van der Waals surface area contributed by atoms with E-state index in [-0.39, 0.29) is 6.61 Å². The van der Waals surface area contributed by atoms with Crippen LogP contribution in [0.1, 0.15) is 19.3 Å². The zero-order chi connectivity index (χ0) is 15.1. The summed E-state index contributed by atoms with van der Waals surface area (Å²) in [6.45, 7) is 2.57. The topological polar surface area (TPSA) is 41.9 Å². The molecule has 2 rings (SSSR count). The molecule has 1 N–H and O–H groups in total. The summed E-state index contributed by atoms with van der Waals surface area (Å²) < 4.78 is 11.3. The highest BCUT2D eigenvalue weighted by Crippen LogP contribution is 2.16. The fraction of sp³-hybridized carbons (Fsp3) is 0.625. The predicted octanol–water partition coefficient (Wildman–Crippen LogP) is 2.58. The van der Waals surface area contributed by atoms with Crippen LogP contribution in [0.4, 0.5) is 0 Å². The lowest BCUT2D eigenvalue weighted by Crippen LogP contribution is -2.39. The summed E-state index contributed by atoms with van der Waals surface area (Å²) >= 11 is 5.81. The summed E-state index contributed by atoms with van der Waals surface area (Å²) in [6, 6.07) is 7.15. The van der Waals surface area contributed by atoms with Gasteiger partial charge in [0.05, 0.1) is 6.10 Å². The van der Waals surface area contributed by atoms with Gasteiger partial charge in [-0.05, 0) is 50.6 Å². The highest BCUT2D eigenvalue weighted by molar-refractivity contribution is 6.30. The summed E-state index contributed by atoms with van der Waals surface area (Å²) in [5, 5.41) is 10.7. The van der Waals surface area contributed by atoms with Gasteiger partial charge in [0.1, 0.15) is 18.5 Å². The second-order valence-corrected chi connectivity index (χ2v) is 6.06. The van der Waals surface area contributed by atoms with E-state index in [4.69, 9.17) is 21.1 Å². The van der Waals surface area contributed by atoms with Crippen molar-refractivity contribution in [2.75, 3.05) is 33.4 Å². The molecule has 0 amide bonds. The van der Waals surface area contributed by atoms with Gasteiger partial charge in [0, 0.05) is 24.7 Å². The third-order valence-electron chi connectivity index (χ3n) is 3.57. The minimum Gasteiger partial charge on any atom is -0.491 e. The summed E-state index contributed by atoms with van der Waals surface area (Å²) in [5.74, 6) is 0.719. The van der Waals surface area contributed by atoms with Crippen molar-refractivity contribution < 1.29 is 14.6 Å². The molecular weight excluding hydrogens is 290 g/mol. The first kappa shape index (κ1) is 16.6. The van der Waals surface area contributed by atoms with Crippen molar-refractivity contribution in [3.63, 3.8) is 0 Å². The zero-order valence-corrected chi connectivity index (χ0v) is 13.3. The minimum atomic E-state index is -0.519. The van der Waals surface area contributed by atoms with Crippen LogP contribution in [0.2, 0.25) is 5.02 Å². The van der Waals surface area contributed by atoms with Gasteiger partial charge in [-0.25, -0.2) is 0 Å². The Labute approximate surface area is 131 Å². The van der Waals surface area contributed by atoms with E-state index in [9.17, 15) is 5.11 Å². The molecule has 0 saturated carbocycles. The fourth-order valence-corrected chi connectivity index (χ4v) is 2.64. The van der Waals surface area contributed by atoms with E-state index >= 15 is 0 Å². The van der Waals surface area contributed by atoms with Gasteiger partial charge >= 0.3 is 0 Å². The van der Waals surface area contributed by atoms with E-state index in [1.807, 2.05) is 7.05 Å². The molecule has 1 aromatic rings. The van der Waals surface area contributed by atoms with Gasteiger partial charge < -0.3 is 19.5 Å². The first-order chi connectivity index (χ1) is 10.1. The average Bonchev–Trinajstić information content (AvgIpc) is 2.47. The number of likely N-dealkylation sites (N-methyl/N-ethyl adjacent to an activating group) is 1. The molecule has 5 heteroatoms. The lowest BCUT2D eigenvalue weighted by atomic mass is 10.1. The second-order valence-electron chi connectivity index (χ2n) is 5.63. The Kier molecular flexibility index (Phi) is 6.77. The number of hydrogen-bond acceptors (Lipinski definition) is 4. The van der Waals surface area contributed by atoms with Crippen molar-refractivity contribution in [3.05, 3.63) is 29.3 Å². The fourth-order valence-electron chi connectivity index (χ4n) is 2.51. The molecule has 1 aromatic carbocycles. The van der Waals surface area contributed by atoms with Crippen molar-refractivity contribution in [1.29, 1.82) is 0 Å². The van der Waals surface area contributed by atoms with Crippen LogP contribution in [0, 0.1) is 0 Å². The van der Waals surface area contributed by atoms with Crippen molar-refractivity contribution >= 4 is 11.6 Å². The van der Waals surface area contributed by atoms with Crippen molar-refractivity contribution in [3.8, 4) is 5.75 Å². The molecule has 0 aromatic heterocycles. The normalized spacial score (nSPS) is 20.5. The van der Waals surface area contributed by atoms with Crippen LogP contribution in [-0.2, 0) is 4.74 Å². The Hall–Kier alpha value is -0.810. The number of ether oxygens (including phenoxy) is 2. The van der Waals surface area contributed by atoms with Gasteiger partial charge in [0.15, 0.2) is 0 Å². The molecule has 2 atom stereocenters. The van der Waals surface area contributed by atoms with Gasteiger partial charge in [0.25, 0.3) is 0 Å². The van der Waals surface area contributed by atoms with Crippen molar-refractivity contribution in [2.24, 2.45) is 0 Å². The van der Waals surface area contributed by atoms with E-state index in [2.05, 4.69) is 4.90 Å². The molecule has 1 aliphatic heterocycles. The van der Waals surface area contributed by atoms with E-state index in [1.54, 1.807) is 24.3 Å². The maximum absolute atomic E-state index is 10.0. The van der Waals surface area contributed by atoms with Gasteiger partial charge in [-0.15, -0.1) is 0 Å². The van der Waals surface area contributed by atoms with E-state index < -0.39 is 6.10 Å². The van der Waals surface area contributed by atoms with E-state index in [1.165, 1.54) is 6.42 Å². The highest BCUT2D eigenvalue weighted by atomic mass is 35.5. The number of aliphatic hydroxyl groups excluding tert-OH is 1. The monoisotopic (exact) mass is 313 g/mol. The molecule has 0 spiro atoms. The molecule has 0 aliphatic carbocycles. The number of hydrogen-bond donors (Lipinski definition) is 1. The average molecular weight is 314 g/mol. The van der Waals surface area contributed by atoms with Gasteiger partial charge in [0.2, 0.25) is 0 Å². The maximum Gasteiger partial charge on any atom is 0.119 e. The predicted molar refractivity (Wildman–Crippen MR) is 84.0 cm³/mol. The molecule has 21 heavy (non-hydrogen) atoms. The number of aliphatic hydroxyl groups is 1. The summed E-state index contributed by atoms with van der Waals surface area (Å²) in [4.78, 5) is 2.10. The SMILES string of the molecule is CN(CC(O)COc1ccc(Cl)cc1)CC1CCCCO1. The molecule has 4 nitrogen and oxygen atoms in total. The van der Waals surface area contributed by atoms with Crippen LogP contribution in [0.15, 0.2) is 24.3 Å². The van der Waals surface area contributed by atoms with E-state index in [0.29, 0.717) is 17.7 Å². The quantitative estimate of drug-likeness (QED) is 0.840. The maximum atomic E-state index is 10.0. The number of rotatable bonds is 7. The van der Waals surface area contributed by atoms with E-state index in [0.717, 1.165) is 31.7 Å². The third-order valence-corrected chi connectivity index (χ3v) is 3.82. The highest BCUT2D eigenvalue weighted by Gasteiger charge is 2.17. The van der Waals surface area contributed by atoms with Crippen LogP contribution in [0.5, 0.6) is 5.75 Å². The van der Waals surface area contributed by atoms with Crippen LogP contribution in [-0.4, -0.2) is 55.6 Å². The zero-order valence-electron chi connectivity index (χ0n) is 12.5. The Morgan fingerprint density at radius 1 is 1.38 bits per heavy atom. The molecule has 1 saturated heterocycles. The van der Waals surface area contributed by atoms with Crippen LogP contribution in [0.3, 0.4) is 0 Å². The summed E-state index contributed by atoms with van der Waals surface area (Å²) in [7, 11) is 2.00.